The average molecular weight is 428 g/mol. The Labute approximate surface area is 187 Å². The van der Waals surface area contributed by atoms with Gasteiger partial charge in [0, 0.05) is 30.4 Å². The summed E-state index contributed by atoms with van der Waals surface area (Å²) < 4.78 is 0. The lowest BCUT2D eigenvalue weighted by Crippen LogP contribution is -2.50. The molecule has 2 aromatic rings. The van der Waals surface area contributed by atoms with Gasteiger partial charge in [-0.1, -0.05) is 36.4 Å². The zero-order valence-corrected chi connectivity index (χ0v) is 17.9. The molecule has 4 aliphatic heterocycles. The molecular formula is C26H25N3O3. The number of rotatable bonds is 4. The summed E-state index contributed by atoms with van der Waals surface area (Å²) in [5, 5.41) is 0. The summed E-state index contributed by atoms with van der Waals surface area (Å²) >= 11 is 0. The van der Waals surface area contributed by atoms with Gasteiger partial charge in [-0.05, 0) is 49.9 Å². The second kappa shape index (κ2) is 6.87. The lowest BCUT2D eigenvalue weighted by Gasteiger charge is -2.33. The first-order valence-electron chi connectivity index (χ1n) is 11.3. The molecule has 2 fully saturated rings. The summed E-state index contributed by atoms with van der Waals surface area (Å²) in [6.07, 6.45) is 4.46. The van der Waals surface area contributed by atoms with Crippen LogP contribution in [0.2, 0.25) is 0 Å². The largest absolute Gasteiger partial charge is 0.306 e. The molecule has 4 heterocycles. The van der Waals surface area contributed by atoms with Crippen LogP contribution in [0.25, 0.3) is 0 Å². The maximum absolute atomic E-state index is 13.9. The van der Waals surface area contributed by atoms with Crippen molar-refractivity contribution in [3.05, 3.63) is 72.3 Å². The fourth-order valence-electron chi connectivity index (χ4n) is 6.53. The molecule has 162 valence electrons. The number of ketones is 1. The highest BCUT2D eigenvalue weighted by atomic mass is 16.2. The van der Waals surface area contributed by atoms with Crippen molar-refractivity contribution in [2.24, 2.45) is 5.92 Å². The molecule has 4 aliphatic rings. The van der Waals surface area contributed by atoms with Crippen LogP contribution in [-0.4, -0.2) is 48.2 Å². The standard InChI is InChI=1S/C26H25N3O3/c1-2-13-27-22-11-6-4-9-19(22)26(25(27)32)15-17(20-12-7-14-29(20)26)16-28-21-10-5-3-8-18(21)23(30)24(28)31/h2-6,8-11,17,20H,1,7,12-16H2. The van der Waals surface area contributed by atoms with E-state index >= 15 is 0 Å². The summed E-state index contributed by atoms with van der Waals surface area (Å²) in [5.41, 5.74) is 2.50. The van der Waals surface area contributed by atoms with Crippen LogP contribution in [0.4, 0.5) is 11.4 Å². The Morgan fingerprint density at radius 2 is 1.75 bits per heavy atom. The highest BCUT2D eigenvalue weighted by Gasteiger charge is 2.63. The number of para-hydroxylation sites is 2. The van der Waals surface area contributed by atoms with E-state index in [2.05, 4.69) is 17.5 Å². The zero-order chi connectivity index (χ0) is 22.0. The number of nitrogens with zero attached hydrogens (tertiary/aromatic N) is 3. The third-order valence-corrected chi connectivity index (χ3v) is 7.74. The van der Waals surface area contributed by atoms with E-state index in [9.17, 15) is 14.4 Å². The van der Waals surface area contributed by atoms with Crippen LogP contribution in [0.5, 0.6) is 0 Å². The fraction of sp³-hybridized carbons (Fsp3) is 0.346. The van der Waals surface area contributed by atoms with Gasteiger partial charge in [0.2, 0.25) is 0 Å². The lowest BCUT2D eigenvalue weighted by molar-refractivity contribution is -0.128. The topological polar surface area (TPSA) is 60.9 Å². The van der Waals surface area contributed by atoms with Crippen LogP contribution in [-0.2, 0) is 15.1 Å². The molecule has 3 unspecified atom stereocenters. The minimum Gasteiger partial charge on any atom is -0.306 e. The number of benzene rings is 2. The molecule has 2 amide bonds. The molecule has 32 heavy (non-hydrogen) atoms. The number of hydrogen-bond donors (Lipinski definition) is 0. The van der Waals surface area contributed by atoms with Crippen LogP contribution in [0.3, 0.4) is 0 Å². The maximum atomic E-state index is 13.9. The van der Waals surface area contributed by atoms with Crippen molar-refractivity contribution in [3.63, 3.8) is 0 Å². The van der Waals surface area contributed by atoms with Gasteiger partial charge in [0.15, 0.2) is 0 Å². The minimum absolute atomic E-state index is 0.109. The summed E-state index contributed by atoms with van der Waals surface area (Å²) in [5.74, 6) is -0.669. The molecule has 6 rings (SSSR count). The molecule has 2 saturated heterocycles. The van der Waals surface area contributed by atoms with E-state index in [1.54, 1.807) is 23.1 Å². The van der Waals surface area contributed by atoms with Crippen molar-refractivity contribution >= 4 is 29.0 Å². The van der Waals surface area contributed by atoms with Crippen LogP contribution in [0, 0.1) is 5.92 Å². The number of carbonyl (C=O) groups is 3. The minimum atomic E-state index is -0.697. The zero-order valence-electron chi connectivity index (χ0n) is 17.9. The van der Waals surface area contributed by atoms with Crippen LogP contribution in [0.1, 0.15) is 35.2 Å². The third kappa shape index (κ3) is 2.36. The van der Waals surface area contributed by atoms with Crippen LogP contribution in [0.15, 0.2) is 61.2 Å². The molecular weight excluding hydrogens is 402 g/mol. The van der Waals surface area contributed by atoms with Crippen molar-refractivity contribution in [1.29, 1.82) is 0 Å². The van der Waals surface area contributed by atoms with Gasteiger partial charge in [-0.15, -0.1) is 6.58 Å². The van der Waals surface area contributed by atoms with Gasteiger partial charge in [-0.2, -0.15) is 0 Å². The Bertz CT molecular complexity index is 1170. The number of anilines is 2. The van der Waals surface area contributed by atoms with Crippen molar-refractivity contribution in [2.45, 2.75) is 30.8 Å². The van der Waals surface area contributed by atoms with E-state index < -0.39 is 17.2 Å². The van der Waals surface area contributed by atoms with E-state index in [1.807, 2.05) is 35.2 Å². The number of Topliss-reactive ketones (excluding diaryl/α,β-unsaturated/α-hetero) is 1. The van der Waals surface area contributed by atoms with Gasteiger partial charge in [-0.25, -0.2) is 0 Å². The predicted octanol–water partition coefficient (Wildman–Crippen LogP) is 3.13. The highest BCUT2D eigenvalue weighted by molar-refractivity contribution is 6.52. The SMILES string of the molecule is C=CCN1C(=O)C2(CC(CN3C(=O)C(=O)c4ccccc43)C3CCCN32)c2ccccc21. The van der Waals surface area contributed by atoms with Gasteiger partial charge < -0.3 is 9.80 Å². The summed E-state index contributed by atoms with van der Waals surface area (Å²) in [6, 6.07) is 15.5. The molecule has 0 N–H and O–H groups in total. The summed E-state index contributed by atoms with van der Waals surface area (Å²) in [6.45, 7) is 5.66. The lowest BCUT2D eigenvalue weighted by atomic mass is 9.84. The number of carbonyl (C=O) groups excluding carboxylic acids is 3. The number of hydrogen-bond acceptors (Lipinski definition) is 4. The highest BCUT2D eigenvalue weighted by Crippen LogP contribution is 2.56. The average Bonchev–Trinajstić information content (AvgIpc) is 3.52. The molecule has 2 aromatic carbocycles. The van der Waals surface area contributed by atoms with Gasteiger partial charge in [0.1, 0.15) is 5.54 Å². The molecule has 0 aliphatic carbocycles. The van der Waals surface area contributed by atoms with Crippen LogP contribution < -0.4 is 9.80 Å². The molecule has 0 radical (unpaired) electrons. The van der Waals surface area contributed by atoms with Gasteiger partial charge in [0.25, 0.3) is 17.6 Å². The Morgan fingerprint density at radius 3 is 2.56 bits per heavy atom. The molecule has 0 saturated carbocycles. The van der Waals surface area contributed by atoms with E-state index in [1.165, 1.54) is 0 Å². The molecule has 0 bridgehead atoms. The van der Waals surface area contributed by atoms with Crippen LogP contribution >= 0.6 is 0 Å². The predicted molar refractivity (Wildman–Crippen MR) is 122 cm³/mol. The van der Waals surface area contributed by atoms with Crippen molar-refractivity contribution < 1.29 is 14.4 Å². The van der Waals surface area contributed by atoms with E-state index in [0.29, 0.717) is 30.8 Å². The summed E-state index contributed by atoms with van der Waals surface area (Å²) in [7, 11) is 0. The molecule has 6 nitrogen and oxygen atoms in total. The first kappa shape index (κ1) is 19.4. The second-order valence-corrected chi connectivity index (χ2v) is 9.21. The van der Waals surface area contributed by atoms with Crippen molar-refractivity contribution in [2.75, 3.05) is 29.4 Å². The Hall–Kier alpha value is -3.25. The smallest absolute Gasteiger partial charge is 0.299 e. The van der Waals surface area contributed by atoms with E-state index in [0.717, 1.165) is 30.6 Å². The number of fused-ring (bicyclic) bond motifs is 5. The molecule has 6 heteroatoms. The van der Waals surface area contributed by atoms with Gasteiger partial charge >= 0.3 is 0 Å². The Kier molecular flexibility index (Phi) is 4.17. The van der Waals surface area contributed by atoms with Gasteiger partial charge in [-0.3, -0.25) is 19.3 Å². The van der Waals surface area contributed by atoms with E-state index in [-0.39, 0.29) is 17.9 Å². The first-order valence-corrected chi connectivity index (χ1v) is 11.3. The number of amides is 2. The third-order valence-electron chi connectivity index (χ3n) is 7.74. The second-order valence-electron chi connectivity index (χ2n) is 9.21. The first-order chi connectivity index (χ1) is 15.6. The molecule has 3 atom stereocenters. The quantitative estimate of drug-likeness (QED) is 0.556. The Balaban J connectivity index is 1.40. The van der Waals surface area contributed by atoms with Gasteiger partial charge in [0.05, 0.1) is 11.3 Å². The molecule has 1 spiro atoms. The van der Waals surface area contributed by atoms with E-state index in [4.69, 9.17) is 0 Å². The monoisotopic (exact) mass is 427 g/mol. The van der Waals surface area contributed by atoms with Crippen molar-refractivity contribution in [3.8, 4) is 0 Å². The maximum Gasteiger partial charge on any atom is 0.299 e. The fourth-order valence-corrected chi connectivity index (χ4v) is 6.53. The summed E-state index contributed by atoms with van der Waals surface area (Å²) in [4.78, 5) is 45.1. The normalized spacial score (nSPS) is 28.6. The van der Waals surface area contributed by atoms with Crippen molar-refractivity contribution in [1.82, 2.24) is 4.90 Å². The Morgan fingerprint density at radius 1 is 1.00 bits per heavy atom. The molecule has 0 aromatic heterocycles.